The Bertz CT molecular complexity index is 1290. The maximum Gasteiger partial charge on any atom is 0.416 e. The summed E-state index contributed by atoms with van der Waals surface area (Å²) in [7, 11) is 1.98. The van der Waals surface area contributed by atoms with Crippen LogP contribution in [-0.2, 0) is 12.7 Å². The summed E-state index contributed by atoms with van der Waals surface area (Å²) in [5.41, 5.74) is 5.21. The van der Waals surface area contributed by atoms with Crippen molar-refractivity contribution >= 4 is 29.2 Å². The van der Waals surface area contributed by atoms with Crippen molar-refractivity contribution in [2.75, 3.05) is 49.6 Å². The average molecular weight is 530 g/mol. The van der Waals surface area contributed by atoms with Crippen LogP contribution < -0.4 is 21.1 Å². The van der Waals surface area contributed by atoms with Crippen molar-refractivity contribution in [2.24, 2.45) is 0 Å². The number of carbonyl (C=O) groups excluding carboxylic acids is 2. The summed E-state index contributed by atoms with van der Waals surface area (Å²) >= 11 is 0. The molecule has 0 radical (unpaired) electrons. The number of rotatable bonds is 6. The largest absolute Gasteiger partial charge is 0.422 e. The van der Waals surface area contributed by atoms with E-state index in [1.807, 2.05) is 11.9 Å². The second kappa shape index (κ2) is 11.4. The van der Waals surface area contributed by atoms with E-state index in [4.69, 9.17) is 10.5 Å². The number of nitrogen functional groups attached to an aromatic ring is 1. The molecule has 38 heavy (non-hydrogen) atoms. The minimum absolute atomic E-state index is 0.00614. The molecule has 1 aromatic heterocycles. The highest BCUT2D eigenvalue weighted by Crippen LogP contribution is 2.34. The lowest BCUT2D eigenvalue weighted by Crippen LogP contribution is -2.44. The molecule has 0 unspecified atom stereocenters. The normalized spacial score (nSPS) is 14.6. The molecule has 200 valence electrons. The molecule has 10 nitrogen and oxygen atoms in total. The molecule has 0 aliphatic carbocycles. The number of carbonyl (C=O) groups is 2. The number of piperazine rings is 1. The maximum absolute atomic E-state index is 13.8. The summed E-state index contributed by atoms with van der Waals surface area (Å²) in [6, 6.07) is 10.1. The van der Waals surface area contributed by atoms with Crippen LogP contribution in [0.15, 0.2) is 54.9 Å². The number of halogens is 3. The van der Waals surface area contributed by atoms with Gasteiger partial charge in [-0.05, 0) is 49.0 Å². The number of nitrogens with one attached hydrogen (secondary N) is 2. The van der Waals surface area contributed by atoms with Gasteiger partial charge in [-0.2, -0.15) is 13.2 Å². The molecular weight excluding hydrogens is 503 g/mol. The standard InChI is InChI=1S/C25H26F3N7O3/c1-34-8-10-35(11-9-34)14-16-2-3-18(12-20(16)25(26,27)28)33-24(37)32-17-4-6-19(7-5-17)38-23(36)21-13-22(29)31-15-30-21/h2-7,12-13,15H,8-11,14H2,1H3,(H2,29,30,31)(H2,32,33,37). The minimum atomic E-state index is -4.57. The molecule has 4 N–H and O–H groups in total. The lowest BCUT2D eigenvalue weighted by molar-refractivity contribution is -0.138. The summed E-state index contributed by atoms with van der Waals surface area (Å²) in [5, 5.41) is 4.96. The van der Waals surface area contributed by atoms with E-state index in [9.17, 15) is 22.8 Å². The number of urea groups is 1. The minimum Gasteiger partial charge on any atom is -0.422 e. The van der Waals surface area contributed by atoms with E-state index < -0.39 is 23.7 Å². The van der Waals surface area contributed by atoms with Crippen molar-refractivity contribution in [3.05, 3.63) is 71.7 Å². The first-order valence-corrected chi connectivity index (χ1v) is 11.7. The fourth-order valence-electron chi connectivity index (χ4n) is 3.85. The van der Waals surface area contributed by atoms with Crippen LogP contribution in [0.4, 0.5) is 35.2 Å². The molecule has 0 saturated carbocycles. The monoisotopic (exact) mass is 529 g/mol. The van der Waals surface area contributed by atoms with Crippen LogP contribution in [0.5, 0.6) is 5.75 Å². The number of hydrogen-bond acceptors (Lipinski definition) is 8. The van der Waals surface area contributed by atoms with Crippen LogP contribution in [0.1, 0.15) is 21.6 Å². The van der Waals surface area contributed by atoms with E-state index in [1.165, 1.54) is 42.5 Å². The van der Waals surface area contributed by atoms with Crippen molar-refractivity contribution in [3.8, 4) is 5.75 Å². The highest BCUT2D eigenvalue weighted by atomic mass is 19.4. The Morgan fingerprint density at radius 2 is 1.63 bits per heavy atom. The SMILES string of the molecule is CN1CCN(Cc2ccc(NC(=O)Nc3ccc(OC(=O)c4cc(N)ncn4)cc3)cc2C(F)(F)F)CC1. The number of esters is 1. The average Bonchev–Trinajstić information content (AvgIpc) is 2.87. The maximum atomic E-state index is 13.8. The second-order valence-corrected chi connectivity index (χ2v) is 8.77. The van der Waals surface area contributed by atoms with Crippen LogP contribution in [0.25, 0.3) is 0 Å². The third-order valence-electron chi connectivity index (χ3n) is 5.88. The summed E-state index contributed by atoms with van der Waals surface area (Å²) in [6.07, 6.45) is -3.43. The van der Waals surface area contributed by atoms with Crippen LogP contribution in [0, 0.1) is 0 Å². The van der Waals surface area contributed by atoms with Crippen molar-refractivity contribution in [2.45, 2.75) is 12.7 Å². The topological polar surface area (TPSA) is 126 Å². The number of benzene rings is 2. The van der Waals surface area contributed by atoms with E-state index in [0.29, 0.717) is 18.8 Å². The van der Waals surface area contributed by atoms with Crippen molar-refractivity contribution < 1.29 is 27.5 Å². The van der Waals surface area contributed by atoms with Crippen LogP contribution in [0.3, 0.4) is 0 Å². The fourth-order valence-corrected chi connectivity index (χ4v) is 3.85. The van der Waals surface area contributed by atoms with Gasteiger partial charge in [-0.3, -0.25) is 4.90 Å². The van der Waals surface area contributed by atoms with Gasteiger partial charge in [0.25, 0.3) is 0 Å². The quantitative estimate of drug-likeness (QED) is 0.326. The van der Waals surface area contributed by atoms with Crippen molar-refractivity contribution in [1.82, 2.24) is 19.8 Å². The number of amides is 2. The van der Waals surface area contributed by atoms with Gasteiger partial charge in [-0.15, -0.1) is 0 Å². The number of aromatic nitrogens is 2. The molecule has 2 amide bonds. The van der Waals surface area contributed by atoms with Gasteiger partial charge in [-0.25, -0.2) is 19.6 Å². The number of alkyl halides is 3. The van der Waals surface area contributed by atoms with Crippen molar-refractivity contribution in [1.29, 1.82) is 0 Å². The molecule has 1 aliphatic rings. The van der Waals surface area contributed by atoms with Gasteiger partial charge < -0.3 is 26.0 Å². The Morgan fingerprint density at radius 1 is 0.974 bits per heavy atom. The number of nitrogens with two attached hydrogens (primary N) is 1. The Kier molecular flexibility index (Phi) is 8.08. The molecule has 1 saturated heterocycles. The van der Waals surface area contributed by atoms with Crippen LogP contribution in [-0.4, -0.2) is 65.0 Å². The summed E-state index contributed by atoms with van der Waals surface area (Å²) in [6.45, 7) is 3.13. The van der Waals surface area contributed by atoms with Gasteiger partial charge in [0.1, 0.15) is 17.9 Å². The Hall–Kier alpha value is -4.23. The highest BCUT2D eigenvalue weighted by Gasteiger charge is 2.34. The molecule has 3 aromatic rings. The number of ether oxygens (including phenoxy) is 1. The molecular formula is C25H26F3N7O3. The van der Waals surface area contributed by atoms with Gasteiger partial charge in [0, 0.05) is 50.2 Å². The van der Waals surface area contributed by atoms with E-state index in [-0.39, 0.29) is 35.1 Å². The molecule has 0 spiro atoms. The Labute approximate surface area is 216 Å². The van der Waals surface area contributed by atoms with E-state index in [0.717, 1.165) is 25.5 Å². The second-order valence-electron chi connectivity index (χ2n) is 8.77. The highest BCUT2D eigenvalue weighted by molar-refractivity contribution is 5.99. The smallest absolute Gasteiger partial charge is 0.416 e. The first kappa shape index (κ1) is 26.8. The lowest BCUT2D eigenvalue weighted by atomic mass is 10.0. The molecule has 1 fully saturated rings. The van der Waals surface area contributed by atoms with Crippen molar-refractivity contribution in [3.63, 3.8) is 0 Å². The molecule has 0 atom stereocenters. The zero-order valence-electron chi connectivity index (χ0n) is 20.5. The molecule has 0 bridgehead atoms. The predicted molar refractivity (Wildman–Crippen MR) is 135 cm³/mol. The zero-order chi connectivity index (χ0) is 27.3. The molecule has 1 aliphatic heterocycles. The molecule has 13 heteroatoms. The van der Waals surface area contributed by atoms with Gasteiger partial charge in [0.05, 0.1) is 5.56 Å². The fraction of sp³-hybridized carbons (Fsp3) is 0.280. The molecule has 4 rings (SSSR count). The first-order valence-electron chi connectivity index (χ1n) is 11.7. The van der Waals surface area contributed by atoms with Gasteiger partial charge in [0.2, 0.25) is 0 Å². The number of anilines is 3. The van der Waals surface area contributed by atoms with Gasteiger partial charge >= 0.3 is 18.2 Å². The summed E-state index contributed by atoms with van der Waals surface area (Å²) in [4.78, 5) is 36.2. The van der Waals surface area contributed by atoms with E-state index in [1.54, 1.807) is 0 Å². The Balaban J connectivity index is 1.36. The predicted octanol–water partition coefficient (Wildman–Crippen LogP) is 3.69. The summed E-state index contributed by atoms with van der Waals surface area (Å²) < 4.78 is 46.5. The van der Waals surface area contributed by atoms with Crippen LogP contribution >= 0.6 is 0 Å². The van der Waals surface area contributed by atoms with E-state index in [2.05, 4.69) is 25.5 Å². The van der Waals surface area contributed by atoms with E-state index >= 15 is 0 Å². The summed E-state index contributed by atoms with van der Waals surface area (Å²) in [5.74, 6) is -0.442. The third kappa shape index (κ3) is 7.17. The Morgan fingerprint density at radius 3 is 2.29 bits per heavy atom. The number of nitrogens with zero attached hydrogens (tertiary/aromatic N) is 4. The zero-order valence-corrected chi connectivity index (χ0v) is 20.5. The number of hydrogen-bond donors (Lipinski definition) is 3. The molecule has 2 aromatic carbocycles. The first-order chi connectivity index (χ1) is 18.1. The van der Waals surface area contributed by atoms with Gasteiger partial charge in [0.15, 0.2) is 5.69 Å². The number of likely N-dealkylation sites (N-methyl/N-ethyl adjacent to an activating group) is 1. The lowest BCUT2D eigenvalue weighted by Gasteiger charge is -2.33. The molecule has 2 heterocycles. The van der Waals surface area contributed by atoms with Gasteiger partial charge in [-0.1, -0.05) is 6.07 Å². The van der Waals surface area contributed by atoms with Crippen LogP contribution in [0.2, 0.25) is 0 Å². The third-order valence-corrected chi connectivity index (χ3v) is 5.88.